The number of anilines is 1. The molecule has 1 heterocycles. The number of methoxy groups -OCH3 is 2. The molecule has 0 aliphatic heterocycles. The van der Waals surface area contributed by atoms with E-state index in [-0.39, 0.29) is 10.5 Å². The number of amides is 2. The standard InChI is InChI=1S/C23H29N3O4S2/c1-23(2,3)13-7-8-14-17(11-13)32-21(18(14)19(24)27)26-22(31)25-20(28)12-6-9-15(29-4)16(10-12)30-5/h6,9-10,13H,7-8,11H2,1-5H3,(H2,24,27)(H2,25,26,28,31)/t13-/m0/s1. The van der Waals surface area contributed by atoms with E-state index in [9.17, 15) is 9.59 Å². The molecule has 1 aromatic heterocycles. The van der Waals surface area contributed by atoms with Gasteiger partial charge in [0.15, 0.2) is 16.6 Å². The molecule has 3 rings (SSSR count). The van der Waals surface area contributed by atoms with E-state index in [2.05, 4.69) is 31.4 Å². The van der Waals surface area contributed by atoms with Crippen LogP contribution >= 0.6 is 23.6 Å². The summed E-state index contributed by atoms with van der Waals surface area (Å²) in [5.74, 6) is 0.591. The van der Waals surface area contributed by atoms with Crippen LogP contribution in [0.2, 0.25) is 0 Å². The number of ether oxygens (including phenoxy) is 2. The van der Waals surface area contributed by atoms with Gasteiger partial charge in [0, 0.05) is 10.4 Å². The van der Waals surface area contributed by atoms with Crippen molar-refractivity contribution in [3.05, 3.63) is 39.8 Å². The van der Waals surface area contributed by atoms with Gasteiger partial charge < -0.3 is 20.5 Å². The number of thiocarbonyl (C=S) groups is 1. The predicted octanol–water partition coefficient (Wildman–Crippen LogP) is 4.14. The predicted molar refractivity (Wildman–Crippen MR) is 131 cm³/mol. The molecule has 172 valence electrons. The largest absolute Gasteiger partial charge is 0.493 e. The van der Waals surface area contributed by atoms with Crippen LogP contribution in [0.1, 0.15) is 58.3 Å². The Bertz CT molecular complexity index is 1060. The number of nitrogens with one attached hydrogen (secondary N) is 2. The summed E-state index contributed by atoms with van der Waals surface area (Å²) in [5.41, 5.74) is 7.72. The third kappa shape index (κ3) is 5.05. The van der Waals surface area contributed by atoms with E-state index in [1.807, 2.05) is 0 Å². The molecule has 0 saturated heterocycles. The van der Waals surface area contributed by atoms with E-state index in [4.69, 9.17) is 27.4 Å². The van der Waals surface area contributed by atoms with Crippen LogP contribution in [0, 0.1) is 11.3 Å². The highest BCUT2D eigenvalue weighted by molar-refractivity contribution is 7.80. The number of thiophene rings is 1. The number of carbonyl (C=O) groups is 2. The Morgan fingerprint density at radius 3 is 2.47 bits per heavy atom. The number of carbonyl (C=O) groups excluding carboxylic acids is 2. The average Bonchev–Trinajstić information content (AvgIpc) is 3.09. The maximum atomic E-state index is 12.7. The zero-order valence-corrected chi connectivity index (χ0v) is 20.6. The summed E-state index contributed by atoms with van der Waals surface area (Å²) in [6.07, 6.45) is 2.71. The first-order valence-electron chi connectivity index (χ1n) is 10.3. The zero-order chi connectivity index (χ0) is 23.6. The van der Waals surface area contributed by atoms with Crippen molar-refractivity contribution in [3.63, 3.8) is 0 Å². The number of benzene rings is 1. The minimum atomic E-state index is -0.492. The smallest absolute Gasteiger partial charge is 0.257 e. The lowest BCUT2D eigenvalue weighted by molar-refractivity contribution is 0.0975. The van der Waals surface area contributed by atoms with Gasteiger partial charge in [-0.05, 0) is 66.6 Å². The second-order valence-corrected chi connectivity index (χ2v) is 10.4. The summed E-state index contributed by atoms with van der Waals surface area (Å²) in [4.78, 5) is 26.0. The maximum Gasteiger partial charge on any atom is 0.257 e. The molecule has 0 radical (unpaired) electrons. The Kier molecular flexibility index (Phi) is 7.09. The van der Waals surface area contributed by atoms with E-state index in [1.54, 1.807) is 18.2 Å². The van der Waals surface area contributed by atoms with Crippen molar-refractivity contribution < 1.29 is 19.1 Å². The number of rotatable bonds is 5. The molecule has 0 saturated carbocycles. The van der Waals surface area contributed by atoms with Crippen molar-refractivity contribution in [3.8, 4) is 11.5 Å². The van der Waals surface area contributed by atoms with E-state index in [0.717, 1.165) is 29.7 Å². The summed E-state index contributed by atoms with van der Waals surface area (Å²) < 4.78 is 10.4. The fraction of sp³-hybridized carbons (Fsp3) is 0.435. The molecule has 0 fully saturated rings. The van der Waals surface area contributed by atoms with Gasteiger partial charge in [-0.2, -0.15) is 0 Å². The van der Waals surface area contributed by atoms with E-state index >= 15 is 0 Å². The SMILES string of the molecule is COc1ccc(C(=O)NC(=S)Nc2sc3c(c2C(N)=O)CC[C@H](C(C)(C)C)C3)cc1OC. The Labute approximate surface area is 197 Å². The van der Waals surface area contributed by atoms with Crippen LogP contribution in [0.5, 0.6) is 11.5 Å². The molecule has 1 aliphatic rings. The van der Waals surface area contributed by atoms with Gasteiger partial charge in [-0.25, -0.2) is 0 Å². The zero-order valence-electron chi connectivity index (χ0n) is 19.0. The molecule has 7 nitrogen and oxygen atoms in total. The quantitative estimate of drug-likeness (QED) is 0.562. The van der Waals surface area contributed by atoms with E-state index < -0.39 is 11.8 Å². The Balaban J connectivity index is 1.77. The summed E-state index contributed by atoms with van der Waals surface area (Å²) in [6.45, 7) is 6.72. The molecular weight excluding hydrogens is 446 g/mol. The summed E-state index contributed by atoms with van der Waals surface area (Å²) >= 11 is 6.83. The lowest BCUT2D eigenvalue weighted by Gasteiger charge is -2.33. The maximum absolute atomic E-state index is 12.7. The van der Waals surface area contributed by atoms with Gasteiger partial charge >= 0.3 is 0 Å². The second kappa shape index (κ2) is 9.46. The minimum Gasteiger partial charge on any atom is -0.493 e. The van der Waals surface area contributed by atoms with Crippen LogP contribution in [0.4, 0.5) is 5.00 Å². The van der Waals surface area contributed by atoms with Gasteiger partial charge in [0.1, 0.15) is 5.00 Å². The number of hydrogen-bond donors (Lipinski definition) is 3. The van der Waals surface area contributed by atoms with Gasteiger partial charge in [-0.1, -0.05) is 20.8 Å². The summed E-state index contributed by atoms with van der Waals surface area (Å²) in [6, 6.07) is 4.83. The highest BCUT2D eigenvalue weighted by Crippen LogP contribution is 2.44. The van der Waals surface area contributed by atoms with Crippen molar-refractivity contribution in [2.45, 2.75) is 40.0 Å². The van der Waals surface area contributed by atoms with Crippen LogP contribution < -0.4 is 25.8 Å². The van der Waals surface area contributed by atoms with Crippen LogP contribution in [-0.4, -0.2) is 31.1 Å². The summed E-state index contributed by atoms with van der Waals surface area (Å²) in [7, 11) is 3.02. The lowest BCUT2D eigenvalue weighted by Crippen LogP contribution is -2.34. The topological polar surface area (TPSA) is 103 Å². The molecule has 9 heteroatoms. The third-order valence-electron chi connectivity index (χ3n) is 5.84. The highest BCUT2D eigenvalue weighted by atomic mass is 32.1. The molecule has 2 aromatic rings. The van der Waals surface area contributed by atoms with Gasteiger partial charge in [-0.15, -0.1) is 11.3 Å². The normalized spacial score (nSPS) is 15.5. The minimum absolute atomic E-state index is 0.0956. The molecule has 1 aromatic carbocycles. The fourth-order valence-corrected chi connectivity index (χ4v) is 5.56. The molecule has 2 amide bonds. The third-order valence-corrected chi connectivity index (χ3v) is 7.21. The first kappa shape index (κ1) is 24.0. The Morgan fingerprint density at radius 2 is 1.88 bits per heavy atom. The van der Waals surface area contributed by atoms with Gasteiger partial charge in [0.05, 0.1) is 19.8 Å². The number of fused-ring (bicyclic) bond motifs is 1. The second-order valence-electron chi connectivity index (χ2n) is 8.86. The Hall–Kier alpha value is -2.65. The number of hydrogen-bond acceptors (Lipinski definition) is 6. The highest BCUT2D eigenvalue weighted by Gasteiger charge is 2.33. The van der Waals surface area contributed by atoms with Gasteiger partial charge in [0.2, 0.25) is 0 Å². The van der Waals surface area contributed by atoms with Crippen molar-refractivity contribution >= 4 is 45.5 Å². The molecule has 0 spiro atoms. The number of nitrogens with two attached hydrogens (primary N) is 1. The van der Waals surface area contributed by atoms with Gasteiger partial charge in [0.25, 0.3) is 11.8 Å². The first-order chi connectivity index (χ1) is 15.0. The molecule has 0 bridgehead atoms. The fourth-order valence-electron chi connectivity index (χ4n) is 3.96. The van der Waals surface area contributed by atoms with Crippen LogP contribution in [0.3, 0.4) is 0 Å². The monoisotopic (exact) mass is 475 g/mol. The molecule has 4 N–H and O–H groups in total. The lowest BCUT2D eigenvalue weighted by atomic mass is 9.72. The first-order valence-corrected chi connectivity index (χ1v) is 11.6. The van der Waals surface area contributed by atoms with Gasteiger partial charge in [-0.3, -0.25) is 14.9 Å². The Morgan fingerprint density at radius 1 is 1.19 bits per heavy atom. The summed E-state index contributed by atoms with van der Waals surface area (Å²) in [5, 5.41) is 6.34. The molecule has 1 atom stereocenters. The number of primary amides is 1. The molecule has 1 aliphatic carbocycles. The van der Waals surface area contributed by atoms with E-state index in [0.29, 0.717) is 33.5 Å². The van der Waals surface area contributed by atoms with Crippen molar-refractivity contribution in [1.29, 1.82) is 0 Å². The molecule has 32 heavy (non-hydrogen) atoms. The van der Waals surface area contributed by atoms with Crippen LogP contribution in [-0.2, 0) is 12.8 Å². The molecule has 0 unspecified atom stereocenters. The van der Waals surface area contributed by atoms with Crippen LogP contribution in [0.15, 0.2) is 18.2 Å². The van der Waals surface area contributed by atoms with Crippen molar-refractivity contribution in [1.82, 2.24) is 5.32 Å². The molecular formula is C23H29N3O4S2. The van der Waals surface area contributed by atoms with Crippen LogP contribution in [0.25, 0.3) is 0 Å². The van der Waals surface area contributed by atoms with E-state index in [1.165, 1.54) is 25.6 Å². The van der Waals surface area contributed by atoms with Crippen molar-refractivity contribution in [2.24, 2.45) is 17.1 Å². The van der Waals surface area contributed by atoms with Crippen molar-refractivity contribution in [2.75, 3.05) is 19.5 Å². The average molecular weight is 476 g/mol.